The van der Waals surface area contributed by atoms with Crippen molar-refractivity contribution in [2.75, 3.05) is 7.11 Å². The fourth-order valence-electron chi connectivity index (χ4n) is 1.88. The average Bonchev–Trinajstić information content (AvgIpc) is 2.48. The Balaban J connectivity index is 2.22. The molecule has 3 heteroatoms. The van der Waals surface area contributed by atoms with Crippen molar-refractivity contribution in [1.82, 2.24) is 0 Å². The lowest BCUT2D eigenvalue weighted by atomic mass is 10.1. The topological polar surface area (TPSA) is 38.7 Å². The van der Waals surface area contributed by atoms with Gasteiger partial charge in [0.2, 0.25) is 0 Å². The molecule has 1 atom stereocenters. The summed E-state index contributed by atoms with van der Waals surface area (Å²) in [4.78, 5) is 0. The Morgan fingerprint density at radius 2 is 1.84 bits per heavy atom. The van der Waals surface area contributed by atoms with E-state index in [9.17, 15) is 5.11 Å². The monoisotopic (exact) mass is 258 g/mol. The Morgan fingerprint density at radius 1 is 1.11 bits per heavy atom. The van der Waals surface area contributed by atoms with Crippen LogP contribution in [0.2, 0.25) is 0 Å². The Bertz CT molecular complexity index is 523. The summed E-state index contributed by atoms with van der Waals surface area (Å²) in [6.07, 6.45) is -0.0846. The third-order valence-corrected chi connectivity index (χ3v) is 3.02. The van der Waals surface area contributed by atoms with E-state index in [1.54, 1.807) is 13.2 Å². The summed E-state index contributed by atoms with van der Waals surface area (Å²) in [6.45, 7) is 1.93. The average molecular weight is 258 g/mol. The minimum Gasteiger partial charge on any atom is -0.497 e. The number of aliphatic hydroxyl groups is 1. The van der Waals surface area contributed by atoms with Gasteiger partial charge in [-0.1, -0.05) is 30.3 Å². The molecule has 2 aromatic carbocycles. The molecule has 2 aromatic rings. The Kier molecular flexibility index (Phi) is 4.42. The van der Waals surface area contributed by atoms with Crippen molar-refractivity contribution in [1.29, 1.82) is 0 Å². The van der Waals surface area contributed by atoms with Gasteiger partial charge in [-0.2, -0.15) is 0 Å². The standard InChI is InChI=1S/C16H18O3/c1-12(13-6-4-3-5-7-13)19-16-10-15(18-2)9-8-14(16)11-17/h3-10,12,17H,11H2,1-2H3. The van der Waals surface area contributed by atoms with Gasteiger partial charge in [-0.25, -0.2) is 0 Å². The summed E-state index contributed by atoms with van der Waals surface area (Å²) in [5, 5.41) is 9.34. The van der Waals surface area contributed by atoms with E-state index in [2.05, 4.69) is 0 Å². The summed E-state index contributed by atoms with van der Waals surface area (Å²) < 4.78 is 11.1. The van der Waals surface area contributed by atoms with Crippen LogP contribution in [0.15, 0.2) is 48.5 Å². The van der Waals surface area contributed by atoms with Gasteiger partial charge in [0.1, 0.15) is 17.6 Å². The molecule has 0 spiro atoms. The van der Waals surface area contributed by atoms with E-state index < -0.39 is 0 Å². The van der Waals surface area contributed by atoms with Gasteiger partial charge in [0.25, 0.3) is 0 Å². The molecule has 0 aliphatic carbocycles. The molecule has 0 aliphatic rings. The van der Waals surface area contributed by atoms with Crippen LogP contribution in [0.25, 0.3) is 0 Å². The molecular weight excluding hydrogens is 240 g/mol. The van der Waals surface area contributed by atoms with Gasteiger partial charge in [-0.3, -0.25) is 0 Å². The van der Waals surface area contributed by atoms with Crippen LogP contribution >= 0.6 is 0 Å². The van der Waals surface area contributed by atoms with E-state index in [4.69, 9.17) is 9.47 Å². The van der Waals surface area contributed by atoms with Crippen LogP contribution in [-0.2, 0) is 6.61 Å². The maximum absolute atomic E-state index is 9.34. The van der Waals surface area contributed by atoms with E-state index in [1.807, 2.05) is 49.4 Å². The Labute approximate surface area is 113 Å². The maximum atomic E-state index is 9.34. The number of hydrogen-bond acceptors (Lipinski definition) is 3. The molecule has 0 radical (unpaired) electrons. The molecule has 0 heterocycles. The molecule has 3 nitrogen and oxygen atoms in total. The molecule has 0 bridgehead atoms. The van der Waals surface area contributed by atoms with Crippen molar-refractivity contribution < 1.29 is 14.6 Å². The molecule has 0 saturated carbocycles. The fraction of sp³-hybridized carbons (Fsp3) is 0.250. The molecule has 19 heavy (non-hydrogen) atoms. The molecule has 0 amide bonds. The Morgan fingerprint density at radius 3 is 2.47 bits per heavy atom. The second kappa shape index (κ2) is 6.25. The molecule has 1 unspecified atom stereocenters. The lowest BCUT2D eigenvalue weighted by Crippen LogP contribution is -2.05. The van der Waals surface area contributed by atoms with Crippen LogP contribution < -0.4 is 9.47 Å². The molecule has 0 saturated heterocycles. The highest BCUT2D eigenvalue weighted by Crippen LogP contribution is 2.29. The highest BCUT2D eigenvalue weighted by Gasteiger charge is 2.11. The van der Waals surface area contributed by atoms with Gasteiger partial charge in [-0.05, 0) is 24.6 Å². The summed E-state index contributed by atoms with van der Waals surface area (Å²) in [7, 11) is 1.61. The largest absolute Gasteiger partial charge is 0.497 e. The second-order valence-electron chi connectivity index (χ2n) is 4.30. The third-order valence-electron chi connectivity index (χ3n) is 3.02. The van der Waals surface area contributed by atoms with Gasteiger partial charge in [0.15, 0.2) is 0 Å². The summed E-state index contributed by atoms with van der Waals surface area (Å²) in [6, 6.07) is 15.4. The molecule has 100 valence electrons. The second-order valence-corrected chi connectivity index (χ2v) is 4.30. The predicted molar refractivity (Wildman–Crippen MR) is 74.4 cm³/mol. The van der Waals surface area contributed by atoms with Gasteiger partial charge in [0, 0.05) is 11.6 Å². The lowest BCUT2D eigenvalue weighted by molar-refractivity contribution is 0.212. The van der Waals surface area contributed by atoms with Crippen LogP contribution in [0.3, 0.4) is 0 Å². The van der Waals surface area contributed by atoms with E-state index >= 15 is 0 Å². The number of aliphatic hydroxyl groups excluding tert-OH is 1. The number of hydrogen-bond donors (Lipinski definition) is 1. The van der Waals surface area contributed by atoms with Crippen molar-refractivity contribution in [2.24, 2.45) is 0 Å². The first-order valence-corrected chi connectivity index (χ1v) is 6.24. The van der Waals surface area contributed by atoms with E-state index in [-0.39, 0.29) is 12.7 Å². The van der Waals surface area contributed by atoms with Crippen LogP contribution in [0.1, 0.15) is 24.2 Å². The van der Waals surface area contributed by atoms with E-state index in [0.29, 0.717) is 11.5 Å². The molecule has 0 fully saturated rings. The highest BCUT2D eigenvalue weighted by molar-refractivity contribution is 5.40. The lowest BCUT2D eigenvalue weighted by Gasteiger charge is -2.18. The van der Waals surface area contributed by atoms with Gasteiger partial charge in [-0.15, -0.1) is 0 Å². The minimum atomic E-state index is -0.0846. The first-order chi connectivity index (χ1) is 9.24. The van der Waals surface area contributed by atoms with Gasteiger partial charge < -0.3 is 14.6 Å². The zero-order valence-electron chi connectivity index (χ0n) is 11.2. The van der Waals surface area contributed by atoms with Crippen molar-refractivity contribution in [3.8, 4) is 11.5 Å². The number of rotatable bonds is 5. The summed E-state index contributed by atoms with van der Waals surface area (Å²) in [5.74, 6) is 1.37. The SMILES string of the molecule is COc1ccc(CO)c(OC(C)c2ccccc2)c1. The van der Waals surface area contributed by atoms with Crippen LogP contribution in [0.4, 0.5) is 0 Å². The Hall–Kier alpha value is -2.00. The zero-order valence-corrected chi connectivity index (χ0v) is 11.2. The maximum Gasteiger partial charge on any atom is 0.129 e. The third kappa shape index (κ3) is 3.26. The van der Waals surface area contributed by atoms with Crippen LogP contribution in [0, 0.1) is 0 Å². The van der Waals surface area contributed by atoms with Crippen molar-refractivity contribution in [3.63, 3.8) is 0 Å². The van der Waals surface area contributed by atoms with Gasteiger partial charge in [0.05, 0.1) is 13.7 Å². The quantitative estimate of drug-likeness (QED) is 0.894. The van der Waals surface area contributed by atoms with Crippen molar-refractivity contribution in [3.05, 3.63) is 59.7 Å². The van der Waals surface area contributed by atoms with E-state index in [0.717, 1.165) is 11.1 Å². The molecule has 0 aromatic heterocycles. The summed E-state index contributed by atoms with van der Waals surface area (Å²) in [5.41, 5.74) is 1.85. The molecule has 2 rings (SSSR count). The fourth-order valence-corrected chi connectivity index (χ4v) is 1.88. The normalized spacial score (nSPS) is 11.9. The van der Waals surface area contributed by atoms with Crippen LogP contribution in [-0.4, -0.2) is 12.2 Å². The number of methoxy groups -OCH3 is 1. The van der Waals surface area contributed by atoms with Gasteiger partial charge >= 0.3 is 0 Å². The van der Waals surface area contributed by atoms with E-state index in [1.165, 1.54) is 0 Å². The smallest absolute Gasteiger partial charge is 0.129 e. The molecular formula is C16H18O3. The first-order valence-electron chi connectivity index (χ1n) is 6.24. The summed E-state index contributed by atoms with van der Waals surface area (Å²) >= 11 is 0. The van der Waals surface area contributed by atoms with Crippen LogP contribution in [0.5, 0.6) is 11.5 Å². The zero-order chi connectivity index (χ0) is 13.7. The first kappa shape index (κ1) is 13.4. The number of ether oxygens (including phenoxy) is 2. The van der Waals surface area contributed by atoms with Crippen molar-refractivity contribution in [2.45, 2.75) is 19.6 Å². The number of benzene rings is 2. The minimum absolute atomic E-state index is 0.0547. The molecule has 1 N–H and O–H groups in total. The van der Waals surface area contributed by atoms with Crippen molar-refractivity contribution >= 4 is 0 Å². The molecule has 0 aliphatic heterocycles. The predicted octanol–water partition coefficient (Wildman–Crippen LogP) is 3.33. The highest BCUT2D eigenvalue weighted by atomic mass is 16.5.